The van der Waals surface area contributed by atoms with Crippen LogP contribution in [-0.2, 0) is 18.3 Å². The highest BCUT2D eigenvalue weighted by Gasteiger charge is 2.13. The largest absolute Gasteiger partial charge is 0.325 e. The third-order valence-electron chi connectivity index (χ3n) is 3.89. The fraction of sp³-hybridized carbons (Fsp3) is 0.211. The summed E-state index contributed by atoms with van der Waals surface area (Å²) < 4.78 is 14.8. The summed E-state index contributed by atoms with van der Waals surface area (Å²) in [4.78, 5) is 12.2. The number of aromatic nitrogens is 3. The van der Waals surface area contributed by atoms with Gasteiger partial charge in [-0.3, -0.25) is 4.79 Å². The molecule has 7 heteroatoms. The molecule has 1 N–H and O–H groups in total. The number of nitrogens with one attached hydrogen (secondary N) is 1. The summed E-state index contributed by atoms with van der Waals surface area (Å²) in [6.45, 7) is 2.07. The summed E-state index contributed by atoms with van der Waals surface area (Å²) in [5.74, 6) is 0.457. The van der Waals surface area contributed by atoms with Crippen LogP contribution in [0.4, 0.5) is 10.1 Å². The molecular weight excluding hydrogens is 351 g/mol. The smallest absolute Gasteiger partial charge is 0.234 e. The number of carbonyl (C=O) groups is 1. The van der Waals surface area contributed by atoms with Crippen LogP contribution in [0, 0.1) is 5.82 Å². The zero-order valence-electron chi connectivity index (χ0n) is 14.6. The third kappa shape index (κ3) is 4.29. The topological polar surface area (TPSA) is 59.8 Å². The predicted octanol–water partition coefficient (Wildman–Crippen LogP) is 3.91. The minimum Gasteiger partial charge on any atom is -0.325 e. The summed E-state index contributed by atoms with van der Waals surface area (Å²) in [5, 5.41) is 11.8. The lowest BCUT2D eigenvalue weighted by atomic mass is 10.1. The Kier molecular flexibility index (Phi) is 5.68. The molecule has 2 aromatic carbocycles. The van der Waals surface area contributed by atoms with Crippen molar-refractivity contribution in [1.82, 2.24) is 14.8 Å². The number of rotatable bonds is 6. The first-order chi connectivity index (χ1) is 12.6. The van der Waals surface area contributed by atoms with Gasteiger partial charge in [0.1, 0.15) is 5.82 Å². The molecule has 0 fully saturated rings. The van der Waals surface area contributed by atoms with Crippen molar-refractivity contribution in [3.05, 3.63) is 59.9 Å². The lowest BCUT2D eigenvalue weighted by molar-refractivity contribution is -0.113. The maximum Gasteiger partial charge on any atom is 0.234 e. The van der Waals surface area contributed by atoms with Crippen LogP contribution in [0.3, 0.4) is 0 Å². The molecule has 0 aliphatic carbocycles. The van der Waals surface area contributed by atoms with Crippen molar-refractivity contribution in [3.8, 4) is 11.4 Å². The molecule has 0 aliphatic rings. The van der Waals surface area contributed by atoms with E-state index >= 15 is 0 Å². The number of hydrogen-bond donors (Lipinski definition) is 1. The Morgan fingerprint density at radius 1 is 1.19 bits per heavy atom. The Hall–Kier alpha value is -2.67. The van der Waals surface area contributed by atoms with Crippen LogP contribution in [0.5, 0.6) is 0 Å². The Labute approximate surface area is 155 Å². The molecule has 26 heavy (non-hydrogen) atoms. The van der Waals surface area contributed by atoms with Crippen LogP contribution < -0.4 is 5.32 Å². The molecule has 0 unspecified atom stereocenters. The molecule has 134 valence electrons. The Morgan fingerprint density at radius 2 is 1.96 bits per heavy atom. The van der Waals surface area contributed by atoms with Gasteiger partial charge in [-0.2, -0.15) is 0 Å². The standard InChI is InChI=1S/C19H19FN4OS/c1-3-13-5-4-6-16(11-13)21-17(25)12-26-19-23-22-18(24(19)2)14-7-9-15(20)10-8-14/h4-11H,3,12H2,1-2H3,(H,21,25). The molecule has 0 radical (unpaired) electrons. The van der Waals surface area contributed by atoms with Crippen LogP contribution in [0.15, 0.2) is 53.7 Å². The van der Waals surface area contributed by atoms with Gasteiger partial charge in [-0.1, -0.05) is 30.8 Å². The van der Waals surface area contributed by atoms with Crippen LogP contribution in [0.2, 0.25) is 0 Å². The highest BCUT2D eigenvalue weighted by atomic mass is 32.2. The van der Waals surface area contributed by atoms with Crippen LogP contribution >= 0.6 is 11.8 Å². The summed E-state index contributed by atoms with van der Waals surface area (Å²) in [5.41, 5.74) is 2.74. The molecule has 5 nitrogen and oxygen atoms in total. The third-order valence-corrected chi connectivity index (χ3v) is 4.91. The van der Waals surface area contributed by atoms with Gasteiger partial charge >= 0.3 is 0 Å². The maximum atomic E-state index is 13.1. The number of nitrogens with zero attached hydrogens (tertiary/aromatic N) is 3. The van der Waals surface area contributed by atoms with E-state index in [0.717, 1.165) is 17.7 Å². The number of halogens is 1. The van der Waals surface area contributed by atoms with E-state index in [-0.39, 0.29) is 17.5 Å². The molecule has 0 spiro atoms. The molecule has 0 saturated carbocycles. The van der Waals surface area contributed by atoms with E-state index < -0.39 is 0 Å². The van der Waals surface area contributed by atoms with E-state index in [4.69, 9.17) is 0 Å². The monoisotopic (exact) mass is 370 g/mol. The average molecular weight is 370 g/mol. The second-order valence-electron chi connectivity index (χ2n) is 5.76. The van der Waals surface area contributed by atoms with Gasteiger partial charge in [0.25, 0.3) is 0 Å². The van der Waals surface area contributed by atoms with Crippen molar-refractivity contribution in [2.75, 3.05) is 11.1 Å². The van der Waals surface area contributed by atoms with Gasteiger partial charge in [-0.15, -0.1) is 10.2 Å². The van der Waals surface area contributed by atoms with Crippen molar-refractivity contribution in [2.45, 2.75) is 18.5 Å². The molecule has 0 saturated heterocycles. The maximum absolute atomic E-state index is 13.1. The fourth-order valence-electron chi connectivity index (χ4n) is 2.49. The Morgan fingerprint density at radius 3 is 2.69 bits per heavy atom. The van der Waals surface area contributed by atoms with Gasteiger partial charge in [0, 0.05) is 18.3 Å². The second kappa shape index (κ2) is 8.14. The molecule has 0 bridgehead atoms. The second-order valence-corrected chi connectivity index (χ2v) is 6.71. The lowest BCUT2D eigenvalue weighted by Gasteiger charge is -2.07. The first kappa shape index (κ1) is 18.1. The average Bonchev–Trinajstić information content (AvgIpc) is 3.01. The summed E-state index contributed by atoms with van der Waals surface area (Å²) >= 11 is 1.31. The predicted molar refractivity (Wildman–Crippen MR) is 102 cm³/mol. The minimum atomic E-state index is -0.297. The number of anilines is 1. The number of thioether (sulfide) groups is 1. The van der Waals surface area contributed by atoms with E-state index in [9.17, 15) is 9.18 Å². The zero-order valence-corrected chi connectivity index (χ0v) is 15.4. The quantitative estimate of drug-likeness (QED) is 0.668. The molecule has 1 aromatic heterocycles. The lowest BCUT2D eigenvalue weighted by Crippen LogP contribution is -2.14. The normalized spacial score (nSPS) is 10.7. The molecule has 1 heterocycles. The first-order valence-corrected chi connectivity index (χ1v) is 9.22. The highest BCUT2D eigenvalue weighted by molar-refractivity contribution is 7.99. The van der Waals surface area contributed by atoms with Crippen molar-refractivity contribution in [3.63, 3.8) is 0 Å². The van der Waals surface area contributed by atoms with E-state index in [1.165, 1.54) is 29.5 Å². The zero-order chi connectivity index (χ0) is 18.5. The highest BCUT2D eigenvalue weighted by Crippen LogP contribution is 2.23. The van der Waals surface area contributed by atoms with Gasteiger partial charge in [-0.05, 0) is 48.4 Å². The van der Waals surface area contributed by atoms with E-state index in [1.54, 1.807) is 16.7 Å². The molecule has 0 aliphatic heterocycles. The minimum absolute atomic E-state index is 0.102. The molecular formula is C19H19FN4OS. The fourth-order valence-corrected chi connectivity index (χ4v) is 3.20. The Balaban J connectivity index is 1.62. The number of hydrogen-bond acceptors (Lipinski definition) is 4. The molecule has 3 aromatic rings. The van der Waals surface area contributed by atoms with Crippen LogP contribution in [0.1, 0.15) is 12.5 Å². The molecule has 3 rings (SSSR count). The summed E-state index contributed by atoms with van der Waals surface area (Å²) in [6.07, 6.45) is 0.920. The van der Waals surface area contributed by atoms with Crippen LogP contribution in [-0.4, -0.2) is 26.4 Å². The van der Waals surface area contributed by atoms with Gasteiger partial charge < -0.3 is 9.88 Å². The van der Waals surface area contributed by atoms with Crippen molar-refractivity contribution in [2.24, 2.45) is 7.05 Å². The molecule has 1 amide bonds. The van der Waals surface area contributed by atoms with Crippen molar-refractivity contribution in [1.29, 1.82) is 0 Å². The number of carbonyl (C=O) groups excluding carboxylic acids is 1. The first-order valence-electron chi connectivity index (χ1n) is 8.23. The molecule has 0 atom stereocenters. The Bertz CT molecular complexity index is 908. The number of amides is 1. The van der Waals surface area contributed by atoms with Crippen LogP contribution in [0.25, 0.3) is 11.4 Å². The van der Waals surface area contributed by atoms with E-state index in [0.29, 0.717) is 11.0 Å². The van der Waals surface area contributed by atoms with Gasteiger partial charge in [-0.25, -0.2) is 4.39 Å². The summed E-state index contributed by atoms with van der Waals surface area (Å²) in [7, 11) is 1.82. The van der Waals surface area contributed by atoms with E-state index in [2.05, 4.69) is 22.4 Å². The number of benzene rings is 2. The van der Waals surface area contributed by atoms with E-state index in [1.807, 2.05) is 31.3 Å². The summed E-state index contributed by atoms with van der Waals surface area (Å²) in [6, 6.07) is 13.9. The van der Waals surface area contributed by atoms with Gasteiger partial charge in [0.2, 0.25) is 5.91 Å². The SMILES string of the molecule is CCc1cccc(NC(=O)CSc2nnc(-c3ccc(F)cc3)n2C)c1. The van der Waals surface area contributed by atoms with Crippen molar-refractivity contribution < 1.29 is 9.18 Å². The van der Waals surface area contributed by atoms with Crippen molar-refractivity contribution >= 4 is 23.4 Å². The van der Waals surface area contributed by atoms with Gasteiger partial charge in [0.15, 0.2) is 11.0 Å². The van der Waals surface area contributed by atoms with Gasteiger partial charge in [0.05, 0.1) is 5.75 Å². The number of aryl methyl sites for hydroxylation is 1.